The number of ether oxygens (including phenoxy) is 2. The molecule has 0 aliphatic carbocycles. The van der Waals surface area contributed by atoms with Crippen molar-refractivity contribution in [2.75, 3.05) is 20.3 Å². The maximum absolute atomic E-state index is 12.2. The Bertz CT molecular complexity index is 449. The zero-order chi connectivity index (χ0) is 13.7. The quantitative estimate of drug-likeness (QED) is 0.792. The summed E-state index contributed by atoms with van der Waals surface area (Å²) >= 11 is 0. The van der Waals surface area contributed by atoms with E-state index < -0.39 is 10.8 Å². The lowest BCUT2D eigenvalue weighted by Crippen LogP contribution is -2.25. The monoisotopic (exact) mass is 282 g/mol. The van der Waals surface area contributed by atoms with Crippen LogP contribution in [0.2, 0.25) is 0 Å². The molecular formula is C14H18O4S. The Morgan fingerprint density at radius 2 is 1.95 bits per heavy atom. The average molecular weight is 282 g/mol. The molecule has 1 aromatic rings. The summed E-state index contributed by atoms with van der Waals surface area (Å²) in [5.41, 5.74) is 1.50. The third-order valence-corrected chi connectivity index (χ3v) is 5.06. The fourth-order valence-electron chi connectivity index (χ4n) is 2.08. The topological polar surface area (TPSA) is 52.6 Å². The number of esters is 1. The molecule has 0 saturated carbocycles. The van der Waals surface area contributed by atoms with Crippen molar-refractivity contribution in [2.24, 2.45) is 0 Å². The molecule has 1 heterocycles. The molecule has 1 aromatic carbocycles. The van der Waals surface area contributed by atoms with E-state index in [1.165, 1.54) is 7.11 Å². The van der Waals surface area contributed by atoms with Crippen LogP contribution in [0.15, 0.2) is 24.3 Å². The number of rotatable bonds is 4. The van der Waals surface area contributed by atoms with Crippen molar-refractivity contribution in [1.29, 1.82) is 0 Å². The van der Waals surface area contributed by atoms with E-state index in [1.54, 1.807) is 12.1 Å². The highest BCUT2D eigenvalue weighted by Gasteiger charge is 2.20. The van der Waals surface area contributed by atoms with Crippen molar-refractivity contribution in [3.05, 3.63) is 35.4 Å². The fraction of sp³-hybridized carbons (Fsp3) is 0.500. The van der Waals surface area contributed by atoms with Crippen molar-refractivity contribution < 1.29 is 18.5 Å². The molecule has 1 saturated heterocycles. The first kappa shape index (κ1) is 14.2. The van der Waals surface area contributed by atoms with Gasteiger partial charge in [-0.3, -0.25) is 4.21 Å². The minimum Gasteiger partial charge on any atom is -0.465 e. The lowest BCUT2D eigenvalue weighted by Gasteiger charge is -2.21. The first-order valence-corrected chi connectivity index (χ1v) is 7.71. The van der Waals surface area contributed by atoms with E-state index in [0.717, 1.165) is 18.4 Å². The molecular weight excluding hydrogens is 264 g/mol. The molecule has 19 heavy (non-hydrogen) atoms. The Kier molecular flexibility index (Phi) is 5.10. The molecule has 5 heteroatoms. The second-order valence-corrected chi connectivity index (χ2v) is 6.24. The Morgan fingerprint density at radius 3 is 2.53 bits per heavy atom. The number of methoxy groups -OCH3 is 1. The molecule has 0 amide bonds. The summed E-state index contributed by atoms with van der Waals surface area (Å²) in [6.07, 6.45) is 1.74. The Morgan fingerprint density at radius 1 is 1.32 bits per heavy atom. The fourth-order valence-corrected chi connectivity index (χ4v) is 3.55. The van der Waals surface area contributed by atoms with Crippen LogP contribution in [-0.2, 0) is 26.0 Å². The normalized spacial score (nSPS) is 17.9. The zero-order valence-electron chi connectivity index (χ0n) is 11.0. The molecule has 1 unspecified atom stereocenters. The number of hydrogen-bond acceptors (Lipinski definition) is 4. The van der Waals surface area contributed by atoms with Crippen LogP contribution in [0.3, 0.4) is 0 Å². The van der Waals surface area contributed by atoms with Gasteiger partial charge in [0.15, 0.2) is 0 Å². The SMILES string of the molecule is COC(=O)c1ccc(CS(=O)C2CCOCC2)cc1. The van der Waals surface area contributed by atoms with Crippen LogP contribution in [-0.4, -0.2) is 35.8 Å². The van der Waals surface area contributed by atoms with Crippen molar-refractivity contribution in [3.63, 3.8) is 0 Å². The van der Waals surface area contributed by atoms with E-state index in [-0.39, 0.29) is 11.2 Å². The van der Waals surface area contributed by atoms with Gasteiger partial charge in [0.1, 0.15) is 0 Å². The summed E-state index contributed by atoms with van der Waals surface area (Å²) in [6.45, 7) is 1.41. The second kappa shape index (κ2) is 6.82. The molecule has 0 bridgehead atoms. The summed E-state index contributed by atoms with van der Waals surface area (Å²) in [6, 6.07) is 7.09. The zero-order valence-corrected chi connectivity index (χ0v) is 11.8. The maximum atomic E-state index is 12.2. The predicted molar refractivity (Wildman–Crippen MR) is 73.5 cm³/mol. The van der Waals surface area contributed by atoms with Gasteiger partial charge in [0, 0.05) is 35.0 Å². The van der Waals surface area contributed by atoms with Gasteiger partial charge in [-0.25, -0.2) is 4.79 Å². The number of carbonyl (C=O) groups excluding carboxylic acids is 1. The van der Waals surface area contributed by atoms with Gasteiger partial charge in [0.25, 0.3) is 0 Å². The lowest BCUT2D eigenvalue weighted by atomic mass is 10.1. The average Bonchev–Trinajstić information content (AvgIpc) is 2.48. The van der Waals surface area contributed by atoms with Crippen LogP contribution >= 0.6 is 0 Å². The molecule has 0 aromatic heterocycles. The van der Waals surface area contributed by atoms with Crippen LogP contribution in [0.5, 0.6) is 0 Å². The third kappa shape index (κ3) is 3.88. The van der Waals surface area contributed by atoms with E-state index in [0.29, 0.717) is 24.5 Å². The minimum absolute atomic E-state index is 0.231. The largest absolute Gasteiger partial charge is 0.465 e. The lowest BCUT2D eigenvalue weighted by molar-refractivity contribution is 0.0600. The maximum Gasteiger partial charge on any atom is 0.337 e. The van der Waals surface area contributed by atoms with Crippen molar-refractivity contribution in [1.82, 2.24) is 0 Å². The van der Waals surface area contributed by atoms with Crippen LogP contribution in [0.1, 0.15) is 28.8 Å². The highest BCUT2D eigenvalue weighted by molar-refractivity contribution is 7.84. The first-order valence-electron chi connectivity index (χ1n) is 6.33. The molecule has 1 atom stereocenters. The van der Waals surface area contributed by atoms with Crippen LogP contribution in [0, 0.1) is 0 Å². The molecule has 104 valence electrons. The molecule has 2 rings (SSSR count). The van der Waals surface area contributed by atoms with Crippen LogP contribution in [0.4, 0.5) is 0 Å². The van der Waals surface area contributed by atoms with Crippen molar-refractivity contribution in [2.45, 2.75) is 23.8 Å². The van der Waals surface area contributed by atoms with E-state index in [2.05, 4.69) is 4.74 Å². The highest BCUT2D eigenvalue weighted by Crippen LogP contribution is 2.17. The van der Waals surface area contributed by atoms with E-state index >= 15 is 0 Å². The summed E-state index contributed by atoms with van der Waals surface area (Å²) in [5, 5.41) is 0.231. The van der Waals surface area contributed by atoms with Gasteiger partial charge in [-0.15, -0.1) is 0 Å². The van der Waals surface area contributed by atoms with Gasteiger partial charge in [0.05, 0.1) is 12.7 Å². The highest BCUT2D eigenvalue weighted by atomic mass is 32.2. The summed E-state index contributed by atoms with van der Waals surface area (Å²) in [4.78, 5) is 11.3. The minimum atomic E-state index is -0.873. The van der Waals surface area contributed by atoms with E-state index in [4.69, 9.17) is 4.74 Å². The molecule has 1 fully saturated rings. The third-order valence-electron chi connectivity index (χ3n) is 3.22. The van der Waals surface area contributed by atoms with Gasteiger partial charge >= 0.3 is 5.97 Å². The molecule has 1 aliphatic rings. The molecule has 0 spiro atoms. The molecule has 4 nitrogen and oxygen atoms in total. The van der Waals surface area contributed by atoms with Gasteiger partial charge in [-0.1, -0.05) is 12.1 Å². The van der Waals surface area contributed by atoms with Crippen molar-refractivity contribution >= 4 is 16.8 Å². The van der Waals surface area contributed by atoms with E-state index in [1.807, 2.05) is 12.1 Å². The van der Waals surface area contributed by atoms with Crippen LogP contribution in [0.25, 0.3) is 0 Å². The number of benzene rings is 1. The van der Waals surface area contributed by atoms with Gasteiger partial charge < -0.3 is 9.47 Å². The van der Waals surface area contributed by atoms with Gasteiger partial charge in [-0.05, 0) is 30.5 Å². The summed E-state index contributed by atoms with van der Waals surface area (Å²) < 4.78 is 22.1. The molecule has 1 aliphatic heterocycles. The number of carbonyl (C=O) groups is 1. The van der Waals surface area contributed by atoms with Crippen LogP contribution < -0.4 is 0 Å². The molecule has 0 N–H and O–H groups in total. The summed E-state index contributed by atoms with van der Waals surface area (Å²) in [5.74, 6) is 0.184. The molecule has 0 radical (unpaired) electrons. The van der Waals surface area contributed by atoms with Crippen molar-refractivity contribution in [3.8, 4) is 0 Å². The Hall–Kier alpha value is -1.20. The first-order chi connectivity index (χ1) is 9.20. The Labute approximate surface area is 115 Å². The van der Waals surface area contributed by atoms with Gasteiger partial charge in [0.2, 0.25) is 0 Å². The Balaban J connectivity index is 1.95. The predicted octanol–water partition coefficient (Wildman–Crippen LogP) is 1.90. The van der Waals surface area contributed by atoms with Gasteiger partial charge in [-0.2, -0.15) is 0 Å². The standard InChI is InChI=1S/C14H18O4S/c1-17-14(15)12-4-2-11(3-5-12)10-19(16)13-6-8-18-9-7-13/h2-5,13H,6-10H2,1H3. The summed E-state index contributed by atoms with van der Waals surface area (Å²) in [7, 11) is 0.485. The number of hydrogen-bond donors (Lipinski definition) is 0. The smallest absolute Gasteiger partial charge is 0.337 e. The van der Waals surface area contributed by atoms with E-state index in [9.17, 15) is 9.00 Å². The second-order valence-electron chi connectivity index (χ2n) is 4.53.